The lowest BCUT2D eigenvalue weighted by Crippen LogP contribution is -1.89. The molecule has 0 radical (unpaired) electrons. The fourth-order valence-corrected chi connectivity index (χ4v) is 1.86. The highest BCUT2D eigenvalue weighted by atomic mass is 79.9. The Balaban J connectivity index is 1.99. The molecule has 17 heavy (non-hydrogen) atoms. The summed E-state index contributed by atoms with van der Waals surface area (Å²) in [5.41, 5.74) is 1.76. The van der Waals surface area contributed by atoms with E-state index in [1.807, 2.05) is 35.0 Å². The fourth-order valence-electron chi connectivity index (χ4n) is 1.55. The number of hydrogen-bond donors (Lipinski definition) is 0. The Hall–Kier alpha value is -1.88. The smallest absolute Gasteiger partial charge is 0.169 e. The molecule has 0 bridgehead atoms. The van der Waals surface area contributed by atoms with E-state index < -0.39 is 0 Å². The molecule has 0 atom stereocenters. The van der Waals surface area contributed by atoms with Crippen molar-refractivity contribution in [1.82, 2.24) is 14.5 Å². The predicted octanol–water partition coefficient (Wildman–Crippen LogP) is 3.29. The SMILES string of the molecule is Brc1ccc(-c2cn(-c3cccnc3)cn2)o1. The predicted molar refractivity (Wildman–Crippen MR) is 66.8 cm³/mol. The first kappa shape index (κ1) is 10.3. The van der Waals surface area contributed by atoms with E-state index in [0.29, 0.717) is 4.67 Å². The summed E-state index contributed by atoms with van der Waals surface area (Å²) in [5.74, 6) is 0.736. The minimum atomic E-state index is 0.698. The number of pyridine rings is 1. The molecular weight excluding hydrogens is 282 g/mol. The van der Waals surface area contributed by atoms with Crippen LogP contribution in [0.4, 0.5) is 0 Å². The van der Waals surface area contributed by atoms with Gasteiger partial charge in [-0.05, 0) is 40.2 Å². The van der Waals surface area contributed by atoms with E-state index in [-0.39, 0.29) is 0 Å². The lowest BCUT2D eigenvalue weighted by molar-refractivity contribution is 0.554. The van der Waals surface area contributed by atoms with Crippen LogP contribution in [0.3, 0.4) is 0 Å². The summed E-state index contributed by atoms with van der Waals surface area (Å²) in [6, 6.07) is 7.58. The zero-order chi connectivity index (χ0) is 11.7. The molecule has 4 nitrogen and oxygen atoms in total. The third-order valence-electron chi connectivity index (χ3n) is 2.35. The maximum absolute atomic E-state index is 5.44. The first-order valence-corrected chi connectivity index (χ1v) is 5.82. The summed E-state index contributed by atoms with van der Waals surface area (Å²) in [4.78, 5) is 8.36. The largest absolute Gasteiger partial charge is 0.448 e. The van der Waals surface area contributed by atoms with Gasteiger partial charge < -0.3 is 8.98 Å². The molecule has 0 aliphatic carbocycles. The highest BCUT2D eigenvalue weighted by Crippen LogP contribution is 2.24. The Morgan fingerprint density at radius 2 is 2.18 bits per heavy atom. The maximum atomic E-state index is 5.44. The molecule has 0 aromatic carbocycles. The summed E-state index contributed by atoms with van der Waals surface area (Å²) in [7, 11) is 0. The van der Waals surface area contributed by atoms with Gasteiger partial charge >= 0.3 is 0 Å². The van der Waals surface area contributed by atoms with Crippen molar-refractivity contribution < 1.29 is 4.42 Å². The van der Waals surface area contributed by atoms with Gasteiger partial charge in [0.25, 0.3) is 0 Å². The Morgan fingerprint density at radius 1 is 1.24 bits per heavy atom. The van der Waals surface area contributed by atoms with Crippen LogP contribution in [0.5, 0.6) is 0 Å². The molecule has 0 aliphatic rings. The molecule has 0 N–H and O–H groups in total. The molecule has 0 amide bonds. The second-order valence-corrected chi connectivity index (χ2v) is 4.26. The summed E-state index contributed by atoms with van der Waals surface area (Å²) in [5, 5.41) is 0. The van der Waals surface area contributed by atoms with Crippen LogP contribution in [-0.4, -0.2) is 14.5 Å². The quantitative estimate of drug-likeness (QED) is 0.727. The van der Waals surface area contributed by atoms with E-state index >= 15 is 0 Å². The van der Waals surface area contributed by atoms with Gasteiger partial charge in [0.1, 0.15) is 12.0 Å². The molecule has 0 fully saturated rings. The van der Waals surface area contributed by atoms with Crippen LogP contribution >= 0.6 is 15.9 Å². The Kier molecular flexibility index (Phi) is 2.53. The van der Waals surface area contributed by atoms with E-state index in [1.165, 1.54) is 0 Å². The number of imidazole rings is 1. The summed E-state index contributed by atoms with van der Waals surface area (Å²) in [6.45, 7) is 0. The van der Waals surface area contributed by atoms with Gasteiger partial charge in [-0.1, -0.05) is 0 Å². The molecule has 0 spiro atoms. The number of furan rings is 1. The van der Waals surface area contributed by atoms with Crippen LogP contribution in [0.1, 0.15) is 0 Å². The molecule has 3 aromatic heterocycles. The molecule has 5 heteroatoms. The Bertz CT molecular complexity index is 630. The molecule has 84 valence electrons. The van der Waals surface area contributed by atoms with E-state index in [4.69, 9.17) is 4.42 Å². The monoisotopic (exact) mass is 289 g/mol. The summed E-state index contributed by atoms with van der Waals surface area (Å²) < 4.78 is 8.04. The van der Waals surface area contributed by atoms with Gasteiger partial charge in [-0.15, -0.1) is 0 Å². The summed E-state index contributed by atoms with van der Waals surface area (Å²) >= 11 is 3.27. The van der Waals surface area contributed by atoms with E-state index in [2.05, 4.69) is 25.9 Å². The highest BCUT2D eigenvalue weighted by molar-refractivity contribution is 9.10. The average Bonchev–Trinajstić information content (AvgIpc) is 2.98. The van der Waals surface area contributed by atoms with Gasteiger partial charge in [-0.2, -0.15) is 0 Å². The van der Waals surface area contributed by atoms with Gasteiger partial charge in [0.05, 0.1) is 11.9 Å². The molecule has 0 saturated heterocycles. The van der Waals surface area contributed by atoms with Crippen LogP contribution < -0.4 is 0 Å². The first-order valence-electron chi connectivity index (χ1n) is 5.03. The van der Waals surface area contributed by atoms with Crippen molar-refractivity contribution in [3.8, 4) is 17.1 Å². The maximum Gasteiger partial charge on any atom is 0.169 e. The number of halogens is 1. The van der Waals surface area contributed by atoms with Crippen molar-refractivity contribution in [2.45, 2.75) is 0 Å². The zero-order valence-electron chi connectivity index (χ0n) is 8.75. The molecule has 3 aromatic rings. The number of rotatable bonds is 2. The van der Waals surface area contributed by atoms with Crippen molar-refractivity contribution in [3.05, 3.63) is 53.9 Å². The van der Waals surface area contributed by atoms with Crippen LogP contribution in [0.25, 0.3) is 17.1 Å². The molecular formula is C12H8BrN3O. The van der Waals surface area contributed by atoms with Crippen molar-refractivity contribution in [3.63, 3.8) is 0 Å². The third kappa shape index (κ3) is 2.01. The first-order chi connectivity index (χ1) is 8.33. The van der Waals surface area contributed by atoms with Gasteiger partial charge in [0, 0.05) is 12.4 Å². The van der Waals surface area contributed by atoms with E-state index in [1.54, 1.807) is 18.7 Å². The molecule has 0 saturated carbocycles. The molecule has 3 rings (SSSR count). The lowest BCUT2D eigenvalue weighted by Gasteiger charge is -1.98. The number of nitrogens with zero attached hydrogens (tertiary/aromatic N) is 3. The molecule has 3 heterocycles. The van der Waals surface area contributed by atoms with Crippen molar-refractivity contribution in [2.75, 3.05) is 0 Å². The van der Waals surface area contributed by atoms with Crippen LogP contribution in [0.2, 0.25) is 0 Å². The fraction of sp³-hybridized carbons (Fsp3) is 0. The Labute approximate surface area is 106 Å². The molecule has 0 aliphatic heterocycles. The minimum absolute atomic E-state index is 0.698. The normalized spacial score (nSPS) is 10.6. The minimum Gasteiger partial charge on any atom is -0.448 e. The zero-order valence-corrected chi connectivity index (χ0v) is 10.3. The highest BCUT2D eigenvalue weighted by Gasteiger charge is 2.07. The second kappa shape index (κ2) is 4.18. The standard InChI is InChI=1S/C12H8BrN3O/c13-12-4-3-11(17-12)10-7-16(8-15-10)9-2-1-5-14-6-9/h1-8H. The van der Waals surface area contributed by atoms with Crippen molar-refractivity contribution in [2.24, 2.45) is 0 Å². The molecule has 0 unspecified atom stereocenters. The van der Waals surface area contributed by atoms with Crippen molar-refractivity contribution in [1.29, 1.82) is 0 Å². The van der Waals surface area contributed by atoms with E-state index in [0.717, 1.165) is 17.1 Å². The number of aromatic nitrogens is 3. The van der Waals surface area contributed by atoms with Crippen molar-refractivity contribution >= 4 is 15.9 Å². The van der Waals surface area contributed by atoms with Gasteiger partial charge in [-0.25, -0.2) is 4.98 Å². The van der Waals surface area contributed by atoms with Gasteiger partial charge in [0.2, 0.25) is 0 Å². The average molecular weight is 290 g/mol. The van der Waals surface area contributed by atoms with Crippen LogP contribution in [-0.2, 0) is 0 Å². The van der Waals surface area contributed by atoms with Crippen LogP contribution in [0.15, 0.2) is 58.3 Å². The summed E-state index contributed by atoms with van der Waals surface area (Å²) in [6.07, 6.45) is 7.17. The van der Waals surface area contributed by atoms with Gasteiger partial charge in [-0.3, -0.25) is 4.98 Å². The topological polar surface area (TPSA) is 43.9 Å². The van der Waals surface area contributed by atoms with Gasteiger partial charge in [0.15, 0.2) is 10.4 Å². The lowest BCUT2D eigenvalue weighted by atomic mass is 10.3. The van der Waals surface area contributed by atoms with Crippen LogP contribution in [0, 0.1) is 0 Å². The third-order valence-corrected chi connectivity index (χ3v) is 2.78. The number of hydrogen-bond acceptors (Lipinski definition) is 3. The second-order valence-electron chi connectivity index (χ2n) is 3.48. The van der Waals surface area contributed by atoms with E-state index in [9.17, 15) is 0 Å². The Morgan fingerprint density at radius 3 is 2.88 bits per heavy atom.